The van der Waals surface area contributed by atoms with Crippen LogP contribution in [-0.4, -0.2) is 35.8 Å². The van der Waals surface area contributed by atoms with Gasteiger partial charge in [-0.25, -0.2) is 0 Å². The molecule has 1 aliphatic rings. The Labute approximate surface area is 171 Å². The van der Waals surface area contributed by atoms with E-state index in [0.717, 1.165) is 17.7 Å². The smallest absolute Gasteiger partial charge is 0.349 e. The van der Waals surface area contributed by atoms with Crippen LogP contribution in [0.1, 0.15) is 34.3 Å². The van der Waals surface area contributed by atoms with Gasteiger partial charge in [-0.3, -0.25) is 9.59 Å². The number of nitrogens with one attached hydrogen (secondary N) is 1. The van der Waals surface area contributed by atoms with Crippen LogP contribution in [0.4, 0.5) is 13.2 Å². The number of nitrogens with zero attached hydrogens (tertiary/aromatic N) is 1. The largest absolute Gasteiger partial charge is 0.416 e. The van der Waals surface area contributed by atoms with Crippen LogP contribution < -0.4 is 5.32 Å². The number of halogens is 4. The lowest BCUT2D eigenvalue weighted by molar-refractivity contribution is -0.137. The van der Waals surface area contributed by atoms with E-state index in [-0.39, 0.29) is 17.5 Å². The number of hydrogen-bond acceptors (Lipinski definition) is 2. The highest BCUT2D eigenvalue weighted by molar-refractivity contribution is 6.30. The highest BCUT2D eigenvalue weighted by atomic mass is 35.5. The molecule has 1 N–H and O–H groups in total. The number of rotatable bonds is 4. The Morgan fingerprint density at radius 1 is 1.00 bits per heavy atom. The average molecular weight is 425 g/mol. The molecule has 3 rings (SSSR count). The summed E-state index contributed by atoms with van der Waals surface area (Å²) in [4.78, 5) is 26.5. The minimum atomic E-state index is -4.43. The number of carbonyl (C=O) groups is 2. The maximum absolute atomic E-state index is 12.6. The zero-order chi connectivity index (χ0) is 21.0. The molecule has 154 valence electrons. The normalized spacial score (nSPS) is 15.2. The molecule has 0 bridgehead atoms. The Hall–Kier alpha value is -2.54. The Kier molecular flexibility index (Phi) is 6.47. The van der Waals surface area contributed by atoms with Crippen LogP contribution in [0.25, 0.3) is 0 Å². The third-order valence-electron chi connectivity index (χ3n) is 4.93. The maximum atomic E-state index is 12.6. The fourth-order valence-electron chi connectivity index (χ4n) is 3.24. The molecule has 2 amide bonds. The number of hydrogen-bond donors (Lipinski definition) is 1. The van der Waals surface area contributed by atoms with Crippen molar-refractivity contribution in [1.29, 1.82) is 0 Å². The van der Waals surface area contributed by atoms with E-state index < -0.39 is 17.6 Å². The standard InChI is InChI=1S/C21H20ClF3N2O2/c22-17-7-1-14(2-8-17)13-19(28)27-11-9-18(10-12-27)26-20(29)15-3-5-16(6-4-15)21(23,24)25/h1-8,18H,9-13H2,(H,26,29). The van der Waals surface area contributed by atoms with E-state index in [1.54, 1.807) is 17.0 Å². The molecule has 0 aromatic heterocycles. The zero-order valence-corrected chi connectivity index (χ0v) is 16.3. The molecule has 2 aromatic carbocycles. The van der Waals surface area contributed by atoms with Gasteiger partial charge >= 0.3 is 6.18 Å². The van der Waals surface area contributed by atoms with Crippen molar-refractivity contribution in [2.75, 3.05) is 13.1 Å². The summed E-state index contributed by atoms with van der Waals surface area (Å²) in [5.74, 6) is -0.399. The molecule has 29 heavy (non-hydrogen) atoms. The number of amides is 2. The van der Waals surface area contributed by atoms with Crippen LogP contribution >= 0.6 is 11.6 Å². The van der Waals surface area contributed by atoms with E-state index in [4.69, 9.17) is 11.6 Å². The maximum Gasteiger partial charge on any atom is 0.416 e. The second-order valence-corrected chi connectivity index (χ2v) is 7.44. The molecule has 1 aliphatic heterocycles. The summed E-state index contributed by atoms with van der Waals surface area (Å²) in [6.07, 6.45) is -2.95. The van der Waals surface area contributed by atoms with E-state index in [0.29, 0.717) is 37.4 Å². The molecule has 0 unspecified atom stereocenters. The Morgan fingerprint density at radius 2 is 1.59 bits per heavy atom. The van der Waals surface area contributed by atoms with Crippen molar-refractivity contribution in [2.24, 2.45) is 0 Å². The molecule has 0 radical (unpaired) electrons. The Morgan fingerprint density at radius 3 is 2.14 bits per heavy atom. The second-order valence-electron chi connectivity index (χ2n) is 7.01. The molecule has 0 spiro atoms. The number of likely N-dealkylation sites (tertiary alicyclic amines) is 1. The SMILES string of the molecule is O=C(NC1CCN(C(=O)Cc2ccc(Cl)cc2)CC1)c1ccc(C(F)(F)F)cc1. The summed E-state index contributed by atoms with van der Waals surface area (Å²) in [5.41, 5.74) is 0.276. The summed E-state index contributed by atoms with van der Waals surface area (Å²) in [7, 11) is 0. The van der Waals surface area contributed by atoms with Gasteiger partial charge in [-0.05, 0) is 54.8 Å². The van der Waals surface area contributed by atoms with Gasteiger partial charge in [0.2, 0.25) is 5.91 Å². The van der Waals surface area contributed by atoms with Crippen molar-refractivity contribution in [2.45, 2.75) is 31.5 Å². The summed E-state index contributed by atoms with van der Waals surface area (Å²) >= 11 is 5.85. The van der Waals surface area contributed by atoms with Crippen LogP contribution in [0.5, 0.6) is 0 Å². The van der Waals surface area contributed by atoms with E-state index in [9.17, 15) is 22.8 Å². The molecule has 0 saturated carbocycles. The average Bonchev–Trinajstić information content (AvgIpc) is 2.69. The quantitative estimate of drug-likeness (QED) is 0.794. The van der Waals surface area contributed by atoms with Gasteiger partial charge in [-0.15, -0.1) is 0 Å². The van der Waals surface area contributed by atoms with Crippen molar-refractivity contribution in [3.05, 3.63) is 70.2 Å². The number of carbonyl (C=O) groups excluding carboxylic acids is 2. The highest BCUT2D eigenvalue weighted by Crippen LogP contribution is 2.29. The summed E-state index contributed by atoms with van der Waals surface area (Å²) in [5, 5.41) is 3.45. The first-order valence-corrected chi connectivity index (χ1v) is 9.60. The van der Waals surface area contributed by atoms with E-state index in [2.05, 4.69) is 5.32 Å². The second kappa shape index (κ2) is 8.86. The third-order valence-corrected chi connectivity index (χ3v) is 5.18. The third kappa shape index (κ3) is 5.73. The number of alkyl halides is 3. The molecule has 4 nitrogen and oxygen atoms in total. The fraction of sp³-hybridized carbons (Fsp3) is 0.333. The van der Waals surface area contributed by atoms with Gasteiger partial charge in [0.15, 0.2) is 0 Å². The minimum absolute atomic E-state index is 0.0137. The predicted molar refractivity (Wildman–Crippen MR) is 104 cm³/mol. The molecule has 1 heterocycles. The summed E-state index contributed by atoms with van der Waals surface area (Å²) in [6, 6.07) is 11.1. The minimum Gasteiger partial charge on any atom is -0.349 e. The molecular formula is C21H20ClF3N2O2. The first-order chi connectivity index (χ1) is 13.7. The van der Waals surface area contributed by atoms with Crippen molar-refractivity contribution >= 4 is 23.4 Å². The van der Waals surface area contributed by atoms with Gasteiger partial charge in [0.1, 0.15) is 0 Å². The highest BCUT2D eigenvalue weighted by Gasteiger charge is 2.30. The van der Waals surface area contributed by atoms with Gasteiger partial charge < -0.3 is 10.2 Å². The van der Waals surface area contributed by atoms with Crippen molar-refractivity contribution in [1.82, 2.24) is 10.2 Å². The van der Waals surface area contributed by atoms with Crippen LogP contribution in [-0.2, 0) is 17.4 Å². The first-order valence-electron chi connectivity index (χ1n) is 9.23. The lowest BCUT2D eigenvalue weighted by Gasteiger charge is -2.32. The van der Waals surface area contributed by atoms with E-state index in [1.807, 2.05) is 12.1 Å². The lowest BCUT2D eigenvalue weighted by Crippen LogP contribution is -2.47. The molecule has 0 aliphatic carbocycles. The van der Waals surface area contributed by atoms with Crippen LogP contribution in [0.2, 0.25) is 5.02 Å². The van der Waals surface area contributed by atoms with Gasteiger partial charge in [-0.2, -0.15) is 13.2 Å². The van der Waals surface area contributed by atoms with E-state index in [1.165, 1.54) is 12.1 Å². The fourth-order valence-corrected chi connectivity index (χ4v) is 3.37. The molecular weight excluding hydrogens is 405 g/mol. The Bertz CT molecular complexity index is 859. The number of benzene rings is 2. The van der Waals surface area contributed by atoms with Gasteiger partial charge in [-0.1, -0.05) is 23.7 Å². The van der Waals surface area contributed by atoms with Crippen molar-refractivity contribution in [3.8, 4) is 0 Å². The lowest BCUT2D eigenvalue weighted by atomic mass is 10.0. The zero-order valence-electron chi connectivity index (χ0n) is 15.5. The van der Waals surface area contributed by atoms with Gasteiger partial charge in [0, 0.05) is 29.7 Å². The molecule has 2 aromatic rings. The van der Waals surface area contributed by atoms with Crippen LogP contribution in [0.15, 0.2) is 48.5 Å². The van der Waals surface area contributed by atoms with Gasteiger partial charge in [0.25, 0.3) is 5.91 Å². The molecule has 1 fully saturated rings. The molecule has 1 saturated heterocycles. The van der Waals surface area contributed by atoms with Crippen LogP contribution in [0.3, 0.4) is 0 Å². The summed E-state index contributed by atoms with van der Waals surface area (Å²) < 4.78 is 37.8. The topological polar surface area (TPSA) is 49.4 Å². The predicted octanol–water partition coefficient (Wildman–Crippen LogP) is 4.32. The Balaban J connectivity index is 1.48. The summed E-state index contributed by atoms with van der Waals surface area (Å²) in [6.45, 7) is 1.04. The van der Waals surface area contributed by atoms with Crippen molar-refractivity contribution in [3.63, 3.8) is 0 Å². The molecule has 0 atom stereocenters. The van der Waals surface area contributed by atoms with Gasteiger partial charge in [0.05, 0.1) is 12.0 Å². The monoisotopic (exact) mass is 424 g/mol. The first kappa shape index (κ1) is 21.2. The number of piperidine rings is 1. The van der Waals surface area contributed by atoms with Crippen molar-refractivity contribution < 1.29 is 22.8 Å². The van der Waals surface area contributed by atoms with Crippen LogP contribution in [0, 0.1) is 0 Å². The molecule has 8 heteroatoms. The van der Waals surface area contributed by atoms with E-state index >= 15 is 0 Å².